The van der Waals surface area contributed by atoms with E-state index in [9.17, 15) is 0 Å². The Morgan fingerprint density at radius 2 is 1.32 bits per heavy atom. The standard InChI is InChI=1S/C21H25.C11H17.C6H10.2ClH.Zr/c1-20(2,3)16-9-7-14-11-15-8-10-17(21(4,5)6)13-19(15)18(14)12-16;1-8-6-9(2)10(7-8)11(3,4)5;1-2-4-6-5-3-1;;;/h7,9-10,12-13H,11H2,1-6H3;7-8H,1-5H3;1-5H2;2*1H;/q2*-1;;;;+2/p-2. The van der Waals surface area contributed by atoms with Gasteiger partial charge in [-0.05, 0) is 17.4 Å². The van der Waals surface area contributed by atoms with E-state index in [4.69, 9.17) is 0 Å². The molecule has 0 saturated heterocycles. The Morgan fingerprint density at radius 3 is 1.73 bits per heavy atom. The number of rotatable bonds is 0. The van der Waals surface area contributed by atoms with Gasteiger partial charge in [-0.15, -0.1) is 5.56 Å². The van der Waals surface area contributed by atoms with Crippen LogP contribution in [0, 0.1) is 23.5 Å². The van der Waals surface area contributed by atoms with Crippen LogP contribution in [0.15, 0.2) is 47.6 Å². The van der Waals surface area contributed by atoms with Gasteiger partial charge in [-0.25, -0.2) is 5.57 Å². The Hall–Kier alpha value is -0.747. The van der Waals surface area contributed by atoms with Gasteiger partial charge in [-0.3, -0.25) is 6.08 Å². The zero-order chi connectivity index (χ0) is 29.2. The topological polar surface area (TPSA) is 0 Å². The molecule has 3 aliphatic carbocycles. The number of fused-ring (bicyclic) bond motifs is 3. The van der Waals surface area contributed by atoms with Crippen LogP contribution in [-0.2, 0) is 41.5 Å². The van der Waals surface area contributed by atoms with Crippen molar-refractivity contribution in [2.45, 2.75) is 126 Å². The second-order valence-corrected chi connectivity index (χ2v) is 16.6. The summed E-state index contributed by atoms with van der Waals surface area (Å²) in [5, 5.41) is 0. The Bertz CT molecular complexity index is 1170. The quantitative estimate of drug-likeness (QED) is 0.305. The van der Waals surface area contributed by atoms with Crippen LogP contribution in [-0.4, -0.2) is 3.21 Å². The molecule has 224 valence electrons. The molecular formula is C38H52Cl2Zr-2. The van der Waals surface area contributed by atoms with Crippen molar-refractivity contribution >= 4 is 3.21 Å². The Labute approximate surface area is 280 Å². The molecule has 0 bridgehead atoms. The van der Waals surface area contributed by atoms with E-state index in [0.717, 1.165) is 6.42 Å². The first-order valence-electron chi connectivity index (χ1n) is 15.0. The van der Waals surface area contributed by atoms with Crippen molar-refractivity contribution < 1.29 is 49.0 Å². The van der Waals surface area contributed by atoms with E-state index in [2.05, 4.69) is 125 Å². The number of benzene rings is 2. The van der Waals surface area contributed by atoms with E-state index in [1.165, 1.54) is 76.6 Å². The molecule has 0 N–H and O–H groups in total. The van der Waals surface area contributed by atoms with Crippen LogP contribution < -0.4 is 24.8 Å². The molecule has 41 heavy (non-hydrogen) atoms. The Kier molecular flexibility index (Phi) is 14.3. The van der Waals surface area contributed by atoms with Gasteiger partial charge >= 0.3 is 59.5 Å². The van der Waals surface area contributed by atoms with Crippen molar-refractivity contribution in [2.24, 2.45) is 11.3 Å². The Morgan fingerprint density at radius 1 is 0.756 bits per heavy atom. The van der Waals surface area contributed by atoms with E-state index in [0.29, 0.717) is 11.3 Å². The number of hydrogen-bond donors (Lipinski definition) is 0. The Balaban J connectivity index is 0.000000353. The molecule has 0 nitrogen and oxygen atoms in total. The van der Waals surface area contributed by atoms with Gasteiger partial charge in [-0.1, -0.05) is 122 Å². The molecule has 0 aromatic heterocycles. The van der Waals surface area contributed by atoms with Crippen molar-refractivity contribution in [1.82, 2.24) is 0 Å². The summed E-state index contributed by atoms with van der Waals surface area (Å²) in [7, 11) is 0. The molecule has 1 fully saturated rings. The maximum absolute atomic E-state index is 3.53. The van der Waals surface area contributed by atoms with Crippen LogP contribution in [0.25, 0.3) is 11.1 Å². The van der Waals surface area contributed by atoms with Crippen LogP contribution >= 0.6 is 0 Å². The van der Waals surface area contributed by atoms with Crippen molar-refractivity contribution in [3.8, 4) is 11.1 Å². The summed E-state index contributed by atoms with van der Waals surface area (Å²) in [6.45, 7) is 24.7. The zero-order valence-corrected chi connectivity index (χ0v) is 31.5. The van der Waals surface area contributed by atoms with Crippen molar-refractivity contribution in [3.63, 3.8) is 0 Å². The summed E-state index contributed by atoms with van der Waals surface area (Å²) in [4.78, 5) is 0. The third kappa shape index (κ3) is 10.7. The van der Waals surface area contributed by atoms with Crippen LogP contribution in [0.3, 0.4) is 0 Å². The third-order valence-electron chi connectivity index (χ3n) is 8.06. The van der Waals surface area contributed by atoms with Crippen molar-refractivity contribution in [2.75, 3.05) is 0 Å². The molecule has 0 heterocycles. The first kappa shape index (κ1) is 38.3. The monoisotopic (exact) mass is 668 g/mol. The van der Waals surface area contributed by atoms with Gasteiger partial charge in [0.1, 0.15) is 0 Å². The molecule has 0 spiro atoms. The normalized spacial score (nSPS) is 17.8. The molecule has 0 aliphatic heterocycles. The van der Waals surface area contributed by atoms with Crippen LogP contribution in [0.5, 0.6) is 0 Å². The fraction of sp³-hybridized carbons (Fsp3) is 0.553. The van der Waals surface area contributed by atoms with E-state index in [1.807, 2.05) is 0 Å². The fourth-order valence-corrected chi connectivity index (χ4v) is 6.48. The molecule has 3 heteroatoms. The van der Waals surface area contributed by atoms with E-state index in [-0.39, 0.29) is 35.6 Å². The van der Waals surface area contributed by atoms with Gasteiger partial charge in [-0.2, -0.15) is 41.0 Å². The SMILES string of the molecule is CC(C)(C)c1c[c-]c2c(c1)-c1cc(C(C)(C)C)ccc1C2.CC1=[C-]C(C)C=C1C(C)(C)C.[Cl-].[Cl-].[Zr+2]=[C]1CCCCC1. The molecule has 1 saturated carbocycles. The van der Waals surface area contributed by atoms with Gasteiger partial charge < -0.3 is 24.8 Å². The number of hydrogen-bond acceptors (Lipinski definition) is 0. The summed E-state index contributed by atoms with van der Waals surface area (Å²) in [5.74, 6) is 0.518. The van der Waals surface area contributed by atoms with Crippen LogP contribution in [0.4, 0.5) is 0 Å². The minimum atomic E-state index is 0. The third-order valence-corrected chi connectivity index (χ3v) is 9.29. The molecule has 5 rings (SSSR count). The second kappa shape index (κ2) is 15.3. The van der Waals surface area contributed by atoms with E-state index in [1.54, 1.807) is 27.4 Å². The second-order valence-electron chi connectivity index (χ2n) is 14.9. The number of allylic oxidation sites excluding steroid dienone is 4. The van der Waals surface area contributed by atoms with E-state index >= 15 is 0 Å². The summed E-state index contributed by atoms with van der Waals surface area (Å²) in [6.07, 6.45) is 14.1. The van der Waals surface area contributed by atoms with E-state index < -0.39 is 0 Å². The average molecular weight is 671 g/mol. The predicted octanol–water partition coefficient (Wildman–Crippen LogP) is 4.69. The van der Waals surface area contributed by atoms with Gasteiger partial charge in [0.2, 0.25) is 0 Å². The molecule has 1 atom stereocenters. The van der Waals surface area contributed by atoms with Gasteiger partial charge in [0.05, 0.1) is 0 Å². The minimum absolute atomic E-state index is 0. The first-order chi connectivity index (χ1) is 18.0. The summed E-state index contributed by atoms with van der Waals surface area (Å²) < 4.78 is 1.80. The van der Waals surface area contributed by atoms with Crippen LogP contribution in [0.2, 0.25) is 0 Å². The average Bonchev–Trinajstić information content (AvgIpc) is 3.37. The summed E-state index contributed by atoms with van der Waals surface area (Å²) in [6, 6.07) is 15.1. The molecule has 1 unspecified atom stereocenters. The van der Waals surface area contributed by atoms with Crippen LogP contribution in [0.1, 0.15) is 131 Å². The predicted molar refractivity (Wildman–Crippen MR) is 168 cm³/mol. The maximum atomic E-state index is 3.53. The van der Waals surface area contributed by atoms with Gasteiger partial charge in [0.25, 0.3) is 0 Å². The number of halogens is 2. The molecule has 2 aromatic carbocycles. The molecular weight excluding hydrogens is 619 g/mol. The molecule has 3 aliphatic rings. The van der Waals surface area contributed by atoms with Crippen molar-refractivity contribution in [3.05, 3.63) is 82.0 Å². The molecule has 2 aromatic rings. The van der Waals surface area contributed by atoms with Gasteiger partial charge in [0.15, 0.2) is 0 Å². The first-order valence-corrected chi connectivity index (χ1v) is 16.3. The van der Waals surface area contributed by atoms with Gasteiger partial charge in [0, 0.05) is 0 Å². The molecule has 0 radical (unpaired) electrons. The van der Waals surface area contributed by atoms with Crippen molar-refractivity contribution in [1.29, 1.82) is 0 Å². The molecule has 0 amide bonds. The summed E-state index contributed by atoms with van der Waals surface area (Å²) >= 11 is 1.69. The zero-order valence-electron chi connectivity index (χ0n) is 27.5. The summed E-state index contributed by atoms with van der Waals surface area (Å²) in [5.41, 5.74) is 11.9. The fourth-order valence-electron chi connectivity index (χ4n) is 5.61.